The molecule has 2 N–H and O–H groups in total. The first kappa shape index (κ1) is 16.2. The predicted octanol–water partition coefficient (Wildman–Crippen LogP) is 1.35. The number of sulfonamides is 1. The topological polar surface area (TPSA) is 94.9 Å². The number of aromatic carboxylic acids is 1. The lowest BCUT2D eigenvalue weighted by Gasteiger charge is -2.39. The fourth-order valence-corrected chi connectivity index (χ4v) is 4.02. The van der Waals surface area contributed by atoms with Crippen molar-refractivity contribution in [3.63, 3.8) is 0 Å². The van der Waals surface area contributed by atoms with E-state index in [-0.39, 0.29) is 34.5 Å². The van der Waals surface area contributed by atoms with Gasteiger partial charge in [0.15, 0.2) is 0 Å². The summed E-state index contributed by atoms with van der Waals surface area (Å²) in [7, 11) is -3.76. The molecule has 1 aliphatic rings. The summed E-state index contributed by atoms with van der Waals surface area (Å²) in [4.78, 5) is 11.0. The van der Waals surface area contributed by atoms with Crippen LogP contribution in [0.4, 0.5) is 0 Å². The maximum Gasteiger partial charge on any atom is 0.337 e. The second-order valence-corrected chi connectivity index (χ2v) is 7.55. The average Bonchev–Trinajstić information content (AvgIpc) is 2.28. The molecular formula is C13H16ClNO5S. The van der Waals surface area contributed by atoms with E-state index >= 15 is 0 Å². The highest BCUT2D eigenvalue weighted by atomic mass is 35.5. The van der Waals surface area contributed by atoms with Crippen molar-refractivity contribution < 1.29 is 23.4 Å². The van der Waals surface area contributed by atoms with Gasteiger partial charge in [-0.3, -0.25) is 0 Å². The Balaban J connectivity index is 2.36. The van der Waals surface area contributed by atoms with Gasteiger partial charge in [-0.1, -0.05) is 11.6 Å². The molecule has 8 heteroatoms. The first-order chi connectivity index (χ1) is 9.64. The number of aliphatic hydroxyl groups is 1. The molecule has 0 saturated carbocycles. The minimum absolute atomic E-state index is 0.0342. The van der Waals surface area contributed by atoms with Gasteiger partial charge in [0.05, 0.1) is 21.6 Å². The van der Waals surface area contributed by atoms with Gasteiger partial charge in [0, 0.05) is 19.0 Å². The number of benzene rings is 1. The molecule has 0 aromatic heterocycles. The molecule has 0 bridgehead atoms. The highest BCUT2D eigenvalue weighted by molar-refractivity contribution is 7.89. The van der Waals surface area contributed by atoms with Crippen molar-refractivity contribution in [2.45, 2.75) is 24.8 Å². The Kier molecular flexibility index (Phi) is 4.30. The summed E-state index contributed by atoms with van der Waals surface area (Å²) in [5.41, 5.74) is 0.158. The number of rotatable bonds is 4. The summed E-state index contributed by atoms with van der Waals surface area (Å²) >= 11 is 5.88. The summed E-state index contributed by atoms with van der Waals surface area (Å²) < 4.78 is 26.1. The lowest BCUT2D eigenvalue weighted by Crippen LogP contribution is -2.53. The van der Waals surface area contributed by atoms with E-state index in [9.17, 15) is 18.3 Å². The van der Waals surface area contributed by atoms with Gasteiger partial charge < -0.3 is 10.2 Å². The van der Waals surface area contributed by atoms with Crippen molar-refractivity contribution >= 4 is 27.6 Å². The normalized spacial score (nSPS) is 18.3. The Morgan fingerprint density at radius 2 is 2.00 bits per heavy atom. The third-order valence-electron chi connectivity index (χ3n) is 3.65. The third kappa shape index (κ3) is 2.91. The zero-order valence-electron chi connectivity index (χ0n) is 11.6. The van der Waals surface area contributed by atoms with Crippen LogP contribution in [0.5, 0.6) is 0 Å². The van der Waals surface area contributed by atoms with Crippen molar-refractivity contribution in [2.75, 3.05) is 13.1 Å². The van der Waals surface area contributed by atoms with E-state index in [0.717, 1.165) is 6.07 Å². The van der Waals surface area contributed by atoms with Gasteiger partial charge in [0.2, 0.25) is 10.0 Å². The number of carbonyl (C=O) groups is 1. The second kappa shape index (κ2) is 5.57. The first-order valence-electron chi connectivity index (χ1n) is 6.36. The molecule has 21 heavy (non-hydrogen) atoms. The molecule has 1 aromatic carbocycles. The molecule has 0 amide bonds. The maximum absolute atomic E-state index is 12.4. The van der Waals surface area contributed by atoms with Crippen molar-refractivity contribution in [2.24, 2.45) is 5.92 Å². The van der Waals surface area contributed by atoms with Gasteiger partial charge in [0.25, 0.3) is 0 Å². The largest absolute Gasteiger partial charge is 0.478 e. The molecule has 1 aliphatic heterocycles. The summed E-state index contributed by atoms with van der Waals surface area (Å²) in [6, 6.07) is 2.43. The van der Waals surface area contributed by atoms with Crippen LogP contribution < -0.4 is 0 Å². The number of aryl methyl sites for hydroxylation is 1. The predicted molar refractivity (Wildman–Crippen MR) is 77.1 cm³/mol. The molecule has 0 unspecified atom stereocenters. The fraction of sp³-hybridized carbons (Fsp3) is 0.462. The Hall–Kier alpha value is -1.15. The maximum atomic E-state index is 12.4. The van der Waals surface area contributed by atoms with Gasteiger partial charge >= 0.3 is 5.97 Å². The van der Waals surface area contributed by atoms with Crippen LogP contribution in [0.1, 0.15) is 22.8 Å². The van der Waals surface area contributed by atoms with Crippen molar-refractivity contribution in [1.82, 2.24) is 4.31 Å². The molecule has 1 aromatic rings. The molecule has 6 nitrogen and oxygen atoms in total. The lowest BCUT2D eigenvalue weighted by molar-refractivity contribution is 0.0499. The van der Waals surface area contributed by atoms with E-state index in [1.807, 2.05) is 0 Å². The van der Waals surface area contributed by atoms with Crippen molar-refractivity contribution in [3.05, 3.63) is 28.3 Å². The number of halogens is 1. The summed E-state index contributed by atoms with van der Waals surface area (Å²) in [5, 5.41) is 18.5. The van der Waals surface area contributed by atoms with E-state index in [0.29, 0.717) is 5.56 Å². The highest BCUT2D eigenvalue weighted by Crippen LogP contribution is 2.30. The van der Waals surface area contributed by atoms with Gasteiger partial charge in [0.1, 0.15) is 0 Å². The van der Waals surface area contributed by atoms with E-state index in [2.05, 4.69) is 0 Å². The minimum atomic E-state index is -3.76. The smallest absolute Gasteiger partial charge is 0.337 e. The van der Waals surface area contributed by atoms with Crippen molar-refractivity contribution in [3.8, 4) is 0 Å². The van der Waals surface area contributed by atoms with E-state index in [1.54, 1.807) is 13.8 Å². The second-order valence-electron chi connectivity index (χ2n) is 5.23. The van der Waals surface area contributed by atoms with E-state index in [4.69, 9.17) is 16.7 Å². The molecule has 1 atom stereocenters. The van der Waals surface area contributed by atoms with E-state index < -0.39 is 22.1 Å². The van der Waals surface area contributed by atoms with Gasteiger partial charge in [-0.25, -0.2) is 13.2 Å². The standard InChI is InChI=1S/C13H16ClNO5S/c1-7-3-10(4-11(12(7)14)13(17)18)21(19,20)15-5-9(6-15)8(2)16/h3-4,8-9,16H,5-6H2,1-2H3,(H,17,18)/t8-/m1/s1. The number of carboxylic acids is 1. The number of hydrogen-bond acceptors (Lipinski definition) is 4. The van der Waals surface area contributed by atoms with Gasteiger partial charge in [-0.05, 0) is 31.5 Å². The monoisotopic (exact) mass is 333 g/mol. The van der Waals surface area contributed by atoms with Crippen LogP contribution in [0.2, 0.25) is 5.02 Å². The van der Waals surface area contributed by atoms with Crippen LogP contribution in [0.25, 0.3) is 0 Å². The molecule has 2 rings (SSSR count). The van der Waals surface area contributed by atoms with Crippen LogP contribution in [0.15, 0.2) is 17.0 Å². The number of aliphatic hydroxyl groups excluding tert-OH is 1. The Morgan fingerprint density at radius 1 is 1.43 bits per heavy atom. The first-order valence-corrected chi connectivity index (χ1v) is 8.18. The van der Waals surface area contributed by atoms with Crippen LogP contribution in [0.3, 0.4) is 0 Å². The summed E-state index contributed by atoms with van der Waals surface area (Å²) in [6.07, 6.45) is -0.571. The zero-order valence-corrected chi connectivity index (χ0v) is 13.1. The molecular weight excluding hydrogens is 318 g/mol. The quantitative estimate of drug-likeness (QED) is 0.867. The number of nitrogens with zero attached hydrogens (tertiary/aromatic N) is 1. The summed E-state index contributed by atoms with van der Waals surface area (Å²) in [5.74, 6) is -1.36. The fourth-order valence-electron chi connectivity index (χ4n) is 2.16. The summed E-state index contributed by atoms with van der Waals surface area (Å²) in [6.45, 7) is 3.63. The lowest BCUT2D eigenvalue weighted by atomic mass is 9.98. The third-order valence-corrected chi connectivity index (χ3v) is 5.97. The molecule has 1 heterocycles. The van der Waals surface area contributed by atoms with Crippen LogP contribution in [-0.2, 0) is 10.0 Å². The zero-order chi connectivity index (χ0) is 15.9. The molecule has 0 spiro atoms. The molecule has 116 valence electrons. The minimum Gasteiger partial charge on any atom is -0.478 e. The molecule has 1 saturated heterocycles. The van der Waals surface area contributed by atoms with Gasteiger partial charge in [-0.15, -0.1) is 0 Å². The molecule has 1 fully saturated rings. The number of hydrogen-bond donors (Lipinski definition) is 2. The number of carboxylic acid groups (broad SMARTS) is 1. The van der Waals surface area contributed by atoms with E-state index in [1.165, 1.54) is 10.4 Å². The Bertz CT molecular complexity index is 680. The van der Waals surface area contributed by atoms with Crippen LogP contribution in [0, 0.1) is 12.8 Å². The van der Waals surface area contributed by atoms with Crippen molar-refractivity contribution in [1.29, 1.82) is 0 Å². The van der Waals surface area contributed by atoms with Crippen LogP contribution >= 0.6 is 11.6 Å². The average molecular weight is 334 g/mol. The van der Waals surface area contributed by atoms with Gasteiger partial charge in [-0.2, -0.15) is 4.31 Å². The molecule has 0 radical (unpaired) electrons. The SMILES string of the molecule is Cc1cc(S(=O)(=O)N2CC([C@@H](C)O)C2)cc(C(=O)O)c1Cl. The highest BCUT2D eigenvalue weighted by Gasteiger charge is 2.39. The van der Waals surface area contributed by atoms with Crippen LogP contribution in [-0.4, -0.2) is 48.1 Å². The molecule has 0 aliphatic carbocycles. The Labute approximate surface area is 128 Å². The Morgan fingerprint density at radius 3 is 2.48 bits per heavy atom.